The first kappa shape index (κ1) is 12.4. The smallest absolute Gasteiger partial charge is 0.286 e. The Hall–Kier alpha value is -1.72. The van der Waals surface area contributed by atoms with Gasteiger partial charge in [-0.1, -0.05) is 26.2 Å². The molecule has 3 N–H and O–H groups in total. The van der Waals surface area contributed by atoms with Crippen LogP contribution in [0.1, 0.15) is 60.3 Å². The van der Waals surface area contributed by atoms with Gasteiger partial charge in [0, 0.05) is 6.42 Å². The van der Waals surface area contributed by atoms with Gasteiger partial charge in [-0.3, -0.25) is 14.7 Å². The van der Waals surface area contributed by atoms with E-state index in [0.29, 0.717) is 6.42 Å². The van der Waals surface area contributed by atoms with E-state index in [4.69, 9.17) is 5.73 Å². The Bertz CT molecular complexity index is 373. The van der Waals surface area contributed by atoms with E-state index in [1.165, 1.54) is 0 Å². The Morgan fingerprint density at radius 2 is 2.06 bits per heavy atom. The van der Waals surface area contributed by atoms with Gasteiger partial charge in [0.15, 0.2) is 0 Å². The van der Waals surface area contributed by atoms with Crippen molar-refractivity contribution < 1.29 is 9.59 Å². The fourth-order valence-electron chi connectivity index (χ4n) is 1.32. The lowest BCUT2D eigenvalue weighted by atomic mass is 10.1. The van der Waals surface area contributed by atoms with Crippen molar-refractivity contribution in [2.75, 3.05) is 0 Å². The minimum atomic E-state index is -0.711. The monoisotopic (exact) mass is 224 g/mol. The molecule has 0 unspecified atom stereocenters. The first-order chi connectivity index (χ1) is 7.65. The van der Waals surface area contributed by atoms with Crippen LogP contribution in [0.5, 0.6) is 0 Å². The SMILES string of the molecule is CCCCCCC(=O)c1n[nH]c(C(N)=O)n1. The van der Waals surface area contributed by atoms with Crippen LogP contribution in [-0.2, 0) is 0 Å². The van der Waals surface area contributed by atoms with Crippen molar-refractivity contribution in [3.8, 4) is 0 Å². The average molecular weight is 224 g/mol. The van der Waals surface area contributed by atoms with Gasteiger partial charge in [-0.05, 0) is 6.42 Å². The van der Waals surface area contributed by atoms with Crippen LogP contribution < -0.4 is 5.73 Å². The molecule has 1 aromatic heterocycles. The molecule has 0 aromatic carbocycles. The molecule has 16 heavy (non-hydrogen) atoms. The van der Waals surface area contributed by atoms with Gasteiger partial charge in [0.25, 0.3) is 5.91 Å². The van der Waals surface area contributed by atoms with Gasteiger partial charge in [0.2, 0.25) is 17.4 Å². The number of hydrogen-bond donors (Lipinski definition) is 2. The van der Waals surface area contributed by atoms with Gasteiger partial charge in [0.05, 0.1) is 0 Å². The van der Waals surface area contributed by atoms with Crippen LogP contribution in [0.15, 0.2) is 0 Å². The number of rotatable bonds is 7. The molecule has 1 amide bonds. The molecule has 0 fully saturated rings. The number of nitrogens with zero attached hydrogens (tertiary/aromatic N) is 2. The molecule has 0 aliphatic carbocycles. The molecule has 1 heterocycles. The molecule has 0 saturated heterocycles. The van der Waals surface area contributed by atoms with Crippen LogP contribution in [-0.4, -0.2) is 26.9 Å². The summed E-state index contributed by atoms with van der Waals surface area (Å²) in [7, 11) is 0. The molecular formula is C10H16N4O2. The largest absolute Gasteiger partial charge is 0.363 e. The summed E-state index contributed by atoms with van der Waals surface area (Å²) in [4.78, 5) is 26.0. The molecule has 0 atom stereocenters. The van der Waals surface area contributed by atoms with Gasteiger partial charge in [0.1, 0.15) is 0 Å². The van der Waals surface area contributed by atoms with E-state index in [1.807, 2.05) is 0 Å². The third kappa shape index (κ3) is 3.45. The zero-order valence-electron chi connectivity index (χ0n) is 9.32. The van der Waals surface area contributed by atoms with Crippen LogP contribution >= 0.6 is 0 Å². The number of nitrogens with two attached hydrogens (primary N) is 1. The Balaban J connectivity index is 2.43. The Morgan fingerprint density at radius 3 is 2.62 bits per heavy atom. The molecule has 0 aliphatic rings. The third-order valence-corrected chi connectivity index (χ3v) is 2.23. The highest BCUT2D eigenvalue weighted by Crippen LogP contribution is 2.06. The molecular weight excluding hydrogens is 208 g/mol. The zero-order chi connectivity index (χ0) is 12.0. The van der Waals surface area contributed by atoms with Crippen LogP contribution in [0.25, 0.3) is 0 Å². The number of Topliss-reactive ketones (excluding diaryl/α,β-unsaturated/α-hetero) is 1. The number of nitrogens with one attached hydrogen (secondary N) is 1. The van der Waals surface area contributed by atoms with Gasteiger partial charge >= 0.3 is 0 Å². The summed E-state index contributed by atoms with van der Waals surface area (Å²) in [5.41, 5.74) is 4.98. The summed E-state index contributed by atoms with van der Waals surface area (Å²) < 4.78 is 0. The number of carbonyl (C=O) groups is 2. The second-order valence-electron chi connectivity index (χ2n) is 3.61. The van der Waals surface area contributed by atoms with Crippen molar-refractivity contribution in [2.45, 2.75) is 39.0 Å². The summed E-state index contributed by atoms with van der Waals surface area (Å²) in [6, 6.07) is 0. The summed E-state index contributed by atoms with van der Waals surface area (Å²) >= 11 is 0. The number of carbonyl (C=O) groups excluding carboxylic acids is 2. The summed E-state index contributed by atoms with van der Waals surface area (Å²) in [5, 5.41) is 5.98. The van der Waals surface area contributed by atoms with Crippen molar-refractivity contribution in [3.05, 3.63) is 11.6 Å². The lowest BCUT2D eigenvalue weighted by Crippen LogP contribution is -2.13. The third-order valence-electron chi connectivity index (χ3n) is 2.23. The van der Waals surface area contributed by atoms with Crippen molar-refractivity contribution in [2.24, 2.45) is 5.73 Å². The number of aromatic nitrogens is 3. The second kappa shape index (κ2) is 5.99. The van der Waals surface area contributed by atoms with E-state index in [1.54, 1.807) is 0 Å². The topological polar surface area (TPSA) is 102 Å². The van der Waals surface area contributed by atoms with E-state index >= 15 is 0 Å². The van der Waals surface area contributed by atoms with E-state index in [2.05, 4.69) is 22.1 Å². The van der Waals surface area contributed by atoms with Crippen molar-refractivity contribution in [1.82, 2.24) is 15.2 Å². The quantitative estimate of drug-likeness (QED) is 0.534. The number of amides is 1. The predicted molar refractivity (Wildman–Crippen MR) is 58.0 cm³/mol. The molecule has 6 nitrogen and oxygen atoms in total. The Labute approximate surface area is 93.6 Å². The molecule has 0 saturated carbocycles. The van der Waals surface area contributed by atoms with Gasteiger partial charge < -0.3 is 5.73 Å². The summed E-state index contributed by atoms with van der Waals surface area (Å²) in [6.45, 7) is 2.11. The Kier molecular flexibility index (Phi) is 4.63. The van der Waals surface area contributed by atoms with Gasteiger partial charge in [-0.2, -0.15) is 4.98 Å². The lowest BCUT2D eigenvalue weighted by Gasteiger charge is -1.96. The van der Waals surface area contributed by atoms with Crippen LogP contribution in [0.4, 0.5) is 0 Å². The summed E-state index contributed by atoms with van der Waals surface area (Å²) in [6.07, 6.45) is 4.51. The Morgan fingerprint density at radius 1 is 1.31 bits per heavy atom. The van der Waals surface area contributed by atoms with Gasteiger partial charge in [-0.15, -0.1) is 5.10 Å². The molecule has 1 aromatic rings. The maximum atomic E-state index is 11.5. The van der Waals surface area contributed by atoms with Crippen molar-refractivity contribution in [1.29, 1.82) is 0 Å². The maximum absolute atomic E-state index is 11.5. The molecule has 6 heteroatoms. The van der Waals surface area contributed by atoms with Crippen LogP contribution in [0.3, 0.4) is 0 Å². The highest BCUT2D eigenvalue weighted by molar-refractivity contribution is 5.94. The highest BCUT2D eigenvalue weighted by Gasteiger charge is 2.14. The molecule has 0 aliphatic heterocycles. The fourth-order valence-corrected chi connectivity index (χ4v) is 1.32. The zero-order valence-corrected chi connectivity index (χ0v) is 9.32. The van der Waals surface area contributed by atoms with E-state index < -0.39 is 5.91 Å². The molecule has 0 spiro atoms. The normalized spacial score (nSPS) is 10.3. The average Bonchev–Trinajstić information content (AvgIpc) is 2.73. The van der Waals surface area contributed by atoms with Crippen LogP contribution in [0.2, 0.25) is 0 Å². The van der Waals surface area contributed by atoms with E-state index in [0.717, 1.165) is 25.7 Å². The molecule has 88 valence electrons. The number of primary amides is 1. The predicted octanol–water partition coefficient (Wildman–Crippen LogP) is 1.06. The van der Waals surface area contributed by atoms with Crippen LogP contribution in [0, 0.1) is 0 Å². The number of ketones is 1. The van der Waals surface area contributed by atoms with E-state index in [9.17, 15) is 9.59 Å². The molecule has 0 bridgehead atoms. The van der Waals surface area contributed by atoms with Crippen molar-refractivity contribution >= 4 is 11.7 Å². The second-order valence-corrected chi connectivity index (χ2v) is 3.61. The standard InChI is InChI=1S/C10H16N4O2/c1-2-3-4-5-6-7(15)9-12-10(8(11)16)14-13-9/h2-6H2,1H3,(H2,11,16)(H,12,13,14). The maximum Gasteiger partial charge on any atom is 0.286 e. The minimum absolute atomic E-state index is 0.0466. The summed E-state index contributed by atoms with van der Waals surface area (Å²) in [5.74, 6) is -0.889. The highest BCUT2D eigenvalue weighted by atomic mass is 16.1. The fraction of sp³-hybridized carbons (Fsp3) is 0.600. The molecule has 0 radical (unpaired) electrons. The first-order valence-electron chi connectivity index (χ1n) is 5.40. The number of H-pyrrole nitrogens is 1. The number of aromatic amines is 1. The van der Waals surface area contributed by atoms with Crippen molar-refractivity contribution in [3.63, 3.8) is 0 Å². The number of hydrogen-bond acceptors (Lipinski definition) is 4. The first-order valence-corrected chi connectivity index (χ1v) is 5.40. The number of unbranched alkanes of at least 4 members (excludes halogenated alkanes) is 3. The molecule has 1 rings (SSSR count). The van der Waals surface area contributed by atoms with E-state index in [-0.39, 0.29) is 17.4 Å². The minimum Gasteiger partial charge on any atom is -0.363 e. The lowest BCUT2D eigenvalue weighted by molar-refractivity contribution is 0.0969. The van der Waals surface area contributed by atoms with Gasteiger partial charge in [-0.25, -0.2) is 0 Å².